The zero-order valence-electron chi connectivity index (χ0n) is 11.1. The van der Waals surface area contributed by atoms with Crippen molar-refractivity contribution in [1.29, 1.82) is 0 Å². The second-order valence-corrected chi connectivity index (χ2v) is 4.21. The Morgan fingerprint density at radius 3 is 2.79 bits per heavy atom. The monoisotopic (exact) mass is 259 g/mol. The molecule has 5 heteroatoms. The number of amides is 1. The molecule has 0 saturated heterocycles. The molecule has 0 atom stereocenters. The summed E-state index contributed by atoms with van der Waals surface area (Å²) in [6, 6.07) is 5.71. The quantitative estimate of drug-likeness (QED) is 0.827. The van der Waals surface area contributed by atoms with Crippen molar-refractivity contribution in [2.45, 2.75) is 0 Å². The van der Waals surface area contributed by atoms with Gasteiger partial charge in [-0.3, -0.25) is 9.78 Å². The molecular formula is C14H17N3O2. The first-order valence-electron chi connectivity index (χ1n) is 6.06. The van der Waals surface area contributed by atoms with Gasteiger partial charge in [0.1, 0.15) is 5.69 Å². The number of nitrogens with one attached hydrogen (secondary N) is 1. The smallest absolute Gasteiger partial charge is 0.267 e. The Bertz CT molecular complexity index is 549. The lowest BCUT2D eigenvalue weighted by Gasteiger charge is -2.04. The molecule has 0 aliphatic heterocycles. The van der Waals surface area contributed by atoms with E-state index in [0.717, 1.165) is 11.1 Å². The van der Waals surface area contributed by atoms with Gasteiger partial charge in [-0.25, -0.2) is 0 Å². The van der Waals surface area contributed by atoms with Crippen LogP contribution >= 0.6 is 0 Å². The van der Waals surface area contributed by atoms with Gasteiger partial charge in [0.2, 0.25) is 0 Å². The van der Waals surface area contributed by atoms with Gasteiger partial charge in [0.05, 0.1) is 6.61 Å². The van der Waals surface area contributed by atoms with Crippen molar-refractivity contribution >= 4 is 5.91 Å². The number of aryl methyl sites for hydroxylation is 1. The molecule has 2 aromatic rings. The lowest BCUT2D eigenvalue weighted by molar-refractivity contribution is 0.0929. The molecule has 0 aliphatic rings. The number of methoxy groups -OCH3 is 1. The Hall–Kier alpha value is -2.14. The molecule has 0 aromatic carbocycles. The predicted molar refractivity (Wildman–Crippen MR) is 72.9 cm³/mol. The zero-order valence-corrected chi connectivity index (χ0v) is 11.1. The molecule has 0 fully saturated rings. The molecular weight excluding hydrogens is 242 g/mol. The molecule has 0 bridgehead atoms. The van der Waals surface area contributed by atoms with Gasteiger partial charge < -0.3 is 14.6 Å². The first kappa shape index (κ1) is 13.3. The third kappa shape index (κ3) is 3.20. The van der Waals surface area contributed by atoms with Crippen molar-refractivity contribution in [3.8, 4) is 11.1 Å². The molecule has 2 aromatic heterocycles. The van der Waals surface area contributed by atoms with Gasteiger partial charge in [-0.2, -0.15) is 0 Å². The Morgan fingerprint density at radius 2 is 2.11 bits per heavy atom. The number of hydrogen-bond donors (Lipinski definition) is 1. The highest BCUT2D eigenvalue weighted by atomic mass is 16.5. The summed E-state index contributed by atoms with van der Waals surface area (Å²) in [7, 11) is 3.46. The summed E-state index contributed by atoms with van der Waals surface area (Å²) in [5, 5.41) is 2.81. The molecule has 0 radical (unpaired) electrons. The van der Waals surface area contributed by atoms with Crippen LogP contribution in [0.3, 0.4) is 0 Å². The predicted octanol–water partition coefficient (Wildman–Crippen LogP) is 1.46. The fourth-order valence-corrected chi connectivity index (χ4v) is 1.85. The van der Waals surface area contributed by atoms with Crippen LogP contribution < -0.4 is 5.32 Å². The Labute approximate surface area is 112 Å². The van der Waals surface area contributed by atoms with Crippen LogP contribution in [0.2, 0.25) is 0 Å². The summed E-state index contributed by atoms with van der Waals surface area (Å²) in [5.41, 5.74) is 2.67. The summed E-state index contributed by atoms with van der Waals surface area (Å²) in [4.78, 5) is 16.0. The average Bonchev–Trinajstić information content (AvgIpc) is 2.82. The lowest BCUT2D eigenvalue weighted by atomic mass is 10.1. The molecule has 19 heavy (non-hydrogen) atoms. The van der Waals surface area contributed by atoms with Crippen molar-refractivity contribution < 1.29 is 9.53 Å². The average molecular weight is 259 g/mol. The maximum Gasteiger partial charge on any atom is 0.267 e. The van der Waals surface area contributed by atoms with E-state index in [0.29, 0.717) is 18.8 Å². The molecule has 1 amide bonds. The second kappa shape index (κ2) is 6.15. The minimum atomic E-state index is -0.0974. The molecule has 0 unspecified atom stereocenters. The highest BCUT2D eigenvalue weighted by Gasteiger charge is 2.11. The molecule has 100 valence electrons. The topological polar surface area (TPSA) is 56.1 Å². The normalized spacial score (nSPS) is 10.4. The van der Waals surface area contributed by atoms with E-state index in [1.54, 1.807) is 19.5 Å². The van der Waals surface area contributed by atoms with E-state index in [-0.39, 0.29) is 5.91 Å². The molecule has 5 nitrogen and oxygen atoms in total. The maximum absolute atomic E-state index is 12.0. The number of carbonyl (C=O) groups is 1. The van der Waals surface area contributed by atoms with Crippen molar-refractivity contribution in [1.82, 2.24) is 14.9 Å². The van der Waals surface area contributed by atoms with E-state index in [9.17, 15) is 4.79 Å². The second-order valence-electron chi connectivity index (χ2n) is 4.21. The SMILES string of the molecule is COCCNC(=O)c1cc(-c2ccncc2)cn1C. The third-order valence-electron chi connectivity index (χ3n) is 2.84. The van der Waals surface area contributed by atoms with E-state index in [2.05, 4.69) is 10.3 Å². The number of rotatable bonds is 5. The Kier molecular flexibility index (Phi) is 4.30. The fourth-order valence-electron chi connectivity index (χ4n) is 1.85. The minimum Gasteiger partial charge on any atom is -0.383 e. The van der Waals surface area contributed by atoms with Gasteiger partial charge in [-0.1, -0.05) is 0 Å². The van der Waals surface area contributed by atoms with E-state index in [4.69, 9.17) is 4.74 Å². The molecule has 2 rings (SSSR count). The number of nitrogens with zero attached hydrogens (tertiary/aromatic N) is 2. The third-order valence-corrected chi connectivity index (χ3v) is 2.84. The number of aromatic nitrogens is 2. The number of ether oxygens (including phenoxy) is 1. The maximum atomic E-state index is 12.0. The van der Waals surface area contributed by atoms with Gasteiger partial charge in [-0.15, -0.1) is 0 Å². The van der Waals surface area contributed by atoms with Crippen molar-refractivity contribution in [2.24, 2.45) is 7.05 Å². The number of pyridine rings is 1. The van der Waals surface area contributed by atoms with Crippen molar-refractivity contribution in [3.05, 3.63) is 42.5 Å². The summed E-state index contributed by atoms with van der Waals surface area (Å²) in [5.74, 6) is -0.0974. The fraction of sp³-hybridized carbons (Fsp3) is 0.286. The van der Waals surface area contributed by atoms with Gasteiger partial charge in [0.15, 0.2) is 0 Å². The number of carbonyl (C=O) groups excluding carboxylic acids is 1. The minimum absolute atomic E-state index is 0.0974. The van der Waals surface area contributed by atoms with E-state index >= 15 is 0 Å². The van der Waals surface area contributed by atoms with Crippen LogP contribution in [0, 0.1) is 0 Å². The van der Waals surface area contributed by atoms with E-state index < -0.39 is 0 Å². The van der Waals surface area contributed by atoms with Crippen LogP contribution in [0.4, 0.5) is 0 Å². The summed E-state index contributed by atoms with van der Waals surface area (Å²) in [6.07, 6.45) is 5.40. The molecule has 1 N–H and O–H groups in total. The summed E-state index contributed by atoms with van der Waals surface area (Å²) < 4.78 is 6.72. The van der Waals surface area contributed by atoms with Crippen molar-refractivity contribution in [3.63, 3.8) is 0 Å². The highest BCUT2D eigenvalue weighted by Crippen LogP contribution is 2.20. The number of hydrogen-bond acceptors (Lipinski definition) is 3. The van der Waals surface area contributed by atoms with Gasteiger partial charge in [0.25, 0.3) is 5.91 Å². The van der Waals surface area contributed by atoms with Crippen LogP contribution in [0.1, 0.15) is 10.5 Å². The van der Waals surface area contributed by atoms with Crippen molar-refractivity contribution in [2.75, 3.05) is 20.3 Å². The standard InChI is InChI=1S/C14H17N3O2/c1-17-10-12(11-3-5-15-6-4-11)9-13(17)14(18)16-7-8-19-2/h3-6,9-10H,7-8H2,1-2H3,(H,16,18). The van der Waals surface area contributed by atoms with Crippen LogP contribution in [-0.2, 0) is 11.8 Å². The Balaban J connectivity index is 2.15. The zero-order chi connectivity index (χ0) is 13.7. The summed E-state index contributed by atoms with van der Waals surface area (Å²) in [6.45, 7) is 1.01. The largest absolute Gasteiger partial charge is 0.383 e. The first-order valence-corrected chi connectivity index (χ1v) is 6.06. The molecule has 0 spiro atoms. The van der Waals surface area contributed by atoms with Crippen LogP contribution in [0.15, 0.2) is 36.8 Å². The van der Waals surface area contributed by atoms with Crippen LogP contribution in [0.5, 0.6) is 0 Å². The van der Waals surface area contributed by atoms with E-state index in [1.807, 2.05) is 36.0 Å². The molecule has 0 saturated carbocycles. The van der Waals surface area contributed by atoms with Crippen LogP contribution in [-0.4, -0.2) is 35.7 Å². The lowest BCUT2D eigenvalue weighted by Crippen LogP contribution is -2.28. The Morgan fingerprint density at radius 1 is 1.37 bits per heavy atom. The van der Waals surface area contributed by atoms with Gasteiger partial charge in [0, 0.05) is 44.9 Å². The summed E-state index contributed by atoms with van der Waals surface area (Å²) >= 11 is 0. The van der Waals surface area contributed by atoms with Gasteiger partial charge >= 0.3 is 0 Å². The molecule has 2 heterocycles. The van der Waals surface area contributed by atoms with E-state index in [1.165, 1.54) is 0 Å². The highest BCUT2D eigenvalue weighted by molar-refractivity contribution is 5.94. The van der Waals surface area contributed by atoms with Crippen LogP contribution in [0.25, 0.3) is 11.1 Å². The molecule has 0 aliphatic carbocycles. The van der Waals surface area contributed by atoms with Gasteiger partial charge in [-0.05, 0) is 23.8 Å². The first-order chi connectivity index (χ1) is 9.22.